The minimum atomic E-state index is 0.175. The van der Waals surface area contributed by atoms with Crippen LogP contribution in [-0.2, 0) is 6.42 Å². The summed E-state index contributed by atoms with van der Waals surface area (Å²) in [4.78, 5) is 0. The number of aryl methyl sites for hydroxylation is 2. The maximum absolute atomic E-state index is 5.73. The lowest BCUT2D eigenvalue weighted by atomic mass is 9.88. The maximum Gasteiger partial charge on any atom is 0.0676 e. The van der Waals surface area contributed by atoms with Crippen molar-refractivity contribution in [3.05, 3.63) is 23.0 Å². The van der Waals surface area contributed by atoms with Crippen LogP contribution in [0.15, 0.2) is 6.07 Å². The highest BCUT2D eigenvalue weighted by molar-refractivity contribution is 5.25. The molecule has 0 aliphatic rings. The number of hydrogen-bond acceptors (Lipinski definition) is 4. The molecule has 0 amide bonds. The van der Waals surface area contributed by atoms with Crippen LogP contribution in [0.5, 0.6) is 0 Å². The summed E-state index contributed by atoms with van der Waals surface area (Å²) in [5.41, 5.74) is 6.15. The first kappa shape index (κ1) is 14.1. The number of nitrogens with zero attached hydrogens (tertiary/aromatic N) is 2. The van der Waals surface area contributed by atoms with Gasteiger partial charge in [-0.2, -0.15) is 10.2 Å². The smallest absolute Gasteiger partial charge is 0.0676 e. The second-order valence-corrected chi connectivity index (χ2v) is 4.46. The molecule has 0 aliphatic carbocycles. The normalized spacial score (nSPS) is 13.1. The summed E-state index contributed by atoms with van der Waals surface area (Å²) in [6, 6.07) is 2.28. The molecule has 96 valence electrons. The zero-order valence-corrected chi connectivity index (χ0v) is 11.3. The van der Waals surface area contributed by atoms with Crippen LogP contribution in [0, 0.1) is 12.8 Å². The molecule has 0 aliphatic heterocycles. The van der Waals surface area contributed by atoms with E-state index in [1.807, 2.05) is 6.92 Å². The zero-order chi connectivity index (χ0) is 12.8. The predicted molar refractivity (Wildman–Crippen MR) is 70.3 cm³/mol. The van der Waals surface area contributed by atoms with Crippen molar-refractivity contribution in [1.82, 2.24) is 15.6 Å². The van der Waals surface area contributed by atoms with E-state index in [4.69, 9.17) is 5.84 Å². The van der Waals surface area contributed by atoms with Crippen LogP contribution in [0.2, 0.25) is 0 Å². The van der Waals surface area contributed by atoms with Crippen molar-refractivity contribution in [2.24, 2.45) is 11.8 Å². The molecule has 1 heterocycles. The molecule has 1 rings (SSSR count). The quantitative estimate of drug-likeness (QED) is 0.587. The Hall–Kier alpha value is -1.00. The number of nitrogens with two attached hydrogens (primary N) is 1. The number of hydrazine groups is 1. The Morgan fingerprint density at radius 1 is 1.24 bits per heavy atom. The molecule has 1 aromatic rings. The van der Waals surface area contributed by atoms with Crippen molar-refractivity contribution >= 4 is 0 Å². The lowest BCUT2D eigenvalue weighted by Gasteiger charge is -2.26. The molecule has 0 saturated heterocycles. The molecule has 1 atom stereocenters. The third-order valence-electron chi connectivity index (χ3n) is 3.40. The Balaban J connectivity index is 3.13. The summed E-state index contributed by atoms with van der Waals surface area (Å²) in [7, 11) is 0. The van der Waals surface area contributed by atoms with E-state index in [1.165, 1.54) is 5.56 Å². The van der Waals surface area contributed by atoms with Gasteiger partial charge in [0.25, 0.3) is 0 Å². The molecule has 0 spiro atoms. The second kappa shape index (κ2) is 6.67. The monoisotopic (exact) mass is 236 g/mol. The Bertz CT molecular complexity index is 347. The van der Waals surface area contributed by atoms with Crippen LogP contribution in [0.1, 0.15) is 56.6 Å². The van der Waals surface area contributed by atoms with Gasteiger partial charge < -0.3 is 0 Å². The fraction of sp³-hybridized carbons (Fsp3) is 0.692. The van der Waals surface area contributed by atoms with Gasteiger partial charge in [-0.05, 0) is 30.9 Å². The van der Waals surface area contributed by atoms with Crippen LogP contribution >= 0.6 is 0 Å². The summed E-state index contributed by atoms with van der Waals surface area (Å²) in [6.07, 6.45) is 3.10. The Kier molecular flexibility index (Phi) is 5.51. The largest absolute Gasteiger partial charge is 0.271 e. The number of aromatic nitrogens is 2. The standard InChI is InChI=1S/C13H24N4/c1-5-10(6-2)13(15-14)11-8-9(4)16-17-12(11)7-3/h8,10,13,15H,5-7,14H2,1-4H3. The average Bonchev–Trinajstić information content (AvgIpc) is 2.35. The number of hydrogen-bond donors (Lipinski definition) is 2. The molecule has 17 heavy (non-hydrogen) atoms. The van der Waals surface area contributed by atoms with Crippen molar-refractivity contribution < 1.29 is 0 Å². The van der Waals surface area contributed by atoms with E-state index in [0.717, 1.165) is 30.7 Å². The van der Waals surface area contributed by atoms with Crippen molar-refractivity contribution in [2.75, 3.05) is 0 Å². The van der Waals surface area contributed by atoms with Crippen LogP contribution < -0.4 is 11.3 Å². The highest BCUT2D eigenvalue weighted by Gasteiger charge is 2.22. The second-order valence-electron chi connectivity index (χ2n) is 4.46. The summed E-state index contributed by atoms with van der Waals surface area (Å²) >= 11 is 0. The minimum absolute atomic E-state index is 0.175. The van der Waals surface area contributed by atoms with Gasteiger partial charge in [0.2, 0.25) is 0 Å². The fourth-order valence-corrected chi connectivity index (χ4v) is 2.32. The molecule has 4 heteroatoms. The average molecular weight is 236 g/mol. The highest BCUT2D eigenvalue weighted by atomic mass is 15.2. The first-order chi connectivity index (χ1) is 8.17. The van der Waals surface area contributed by atoms with E-state index in [2.05, 4.69) is 42.5 Å². The van der Waals surface area contributed by atoms with Gasteiger partial charge in [0.05, 0.1) is 17.4 Å². The fourth-order valence-electron chi connectivity index (χ4n) is 2.32. The first-order valence-electron chi connectivity index (χ1n) is 6.47. The van der Waals surface area contributed by atoms with Crippen LogP contribution in [-0.4, -0.2) is 10.2 Å². The highest BCUT2D eigenvalue weighted by Crippen LogP contribution is 2.28. The van der Waals surface area contributed by atoms with Crippen molar-refractivity contribution in [3.63, 3.8) is 0 Å². The topological polar surface area (TPSA) is 63.8 Å². The molecule has 3 N–H and O–H groups in total. The van der Waals surface area contributed by atoms with Gasteiger partial charge >= 0.3 is 0 Å². The van der Waals surface area contributed by atoms with Crippen molar-refractivity contribution in [3.8, 4) is 0 Å². The molecular formula is C13H24N4. The van der Waals surface area contributed by atoms with E-state index < -0.39 is 0 Å². The molecule has 0 radical (unpaired) electrons. The third-order valence-corrected chi connectivity index (χ3v) is 3.40. The summed E-state index contributed by atoms with van der Waals surface area (Å²) < 4.78 is 0. The lowest BCUT2D eigenvalue weighted by molar-refractivity contribution is 0.342. The molecule has 0 fully saturated rings. The van der Waals surface area contributed by atoms with Gasteiger partial charge in [-0.15, -0.1) is 0 Å². The molecular weight excluding hydrogens is 212 g/mol. The van der Waals surface area contributed by atoms with E-state index in [1.54, 1.807) is 0 Å². The van der Waals surface area contributed by atoms with Crippen molar-refractivity contribution in [2.45, 2.75) is 53.0 Å². The molecule has 0 bridgehead atoms. The molecule has 1 unspecified atom stereocenters. The number of nitrogens with one attached hydrogen (secondary N) is 1. The van der Waals surface area contributed by atoms with E-state index in [-0.39, 0.29) is 6.04 Å². The van der Waals surface area contributed by atoms with E-state index >= 15 is 0 Å². The first-order valence-corrected chi connectivity index (χ1v) is 6.47. The van der Waals surface area contributed by atoms with Gasteiger partial charge in [-0.1, -0.05) is 33.6 Å². The van der Waals surface area contributed by atoms with E-state index in [0.29, 0.717) is 5.92 Å². The van der Waals surface area contributed by atoms with Gasteiger partial charge in [-0.3, -0.25) is 11.3 Å². The number of rotatable bonds is 6. The van der Waals surface area contributed by atoms with Gasteiger partial charge in [0.15, 0.2) is 0 Å². The van der Waals surface area contributed by atoms with Crippen LogP contribution in [0.3, 0.4) is 0 Å². The van der Waals surface area contributed by atoms with E-state index in [9.17, 15) is 0 Å². The Morgan fingerprint density at radius 3 is 2.35 bits per heavy atom. The minimum Gasteiger partial charge on any atom is -0.271 e. The SMILES string of the molecule is CCc1nnc(C)cc1C(NN)C(CC)CC. The lowest BCUT2D eigenvalue weighted by Crippen LogP contribution is -2.34. The molecule has 0 saturated carbocycles. The molecule has 1 aromatic heterocycles. The molecule has 0 aromatic carbocycles. The maximum atomic E-state index is 5.73. The summed E-state index contributed by atoms with van der Waals surface area (Å²) in [5.74, 6) is 6.27. The third kappa shape index (κ3) is 3.23. The molecule has 4 nitrogen and oxygen atoms in total. The van der Waals surface area contributed by atoms with Gasteiger partial charge in [-0.25, -0.2) is 0 Å². The Morgan fingerprint density at radius 2 is 1.88 bits per heavy atom. The summed E-state index contributed by atoms with van der Waals surface area (Å²) in [5, 5.41) is 8.39. The van der Waals surface area contributed by atoms with Crippen LogP contribution in [0.25, 0.3) is 0 Å². The van der Waals surface area contributed by atoms with Gasteiger partial charge in [0.1, 0.15) is 0 Å². The van der Waals surface area contributed by atoms with Gasteiger partial charge in [0, 0.05) is 0 Å². The van der Waals surface area contributed by atoms with Crippen LogP contribution in [0.4, 0.5) is 0 Å². The summed E-state index contributed by atoms with van der Waals surface area (Å²) in [6.45, 7) is 8.47. The zero-order valence-electron chi connectivity index (χ0n) is 11.3. The van der Waals surface area contributed by atoms with Crippen molar-refractivity contribution in [1.29, 1.82) is 0 Å². The predicted octanol–water partition coefficient (Wildman–Crippen LogP) is 2.29. The Labute approximate surface area is 104 Å².